The van der Waals surface area contributed by atoms with E-state index in [2.05, 4.69) is 64.0 Å². The van der Waals surface area contributed by atoms with Gasteiger partial charge in [0.15, 0.2) is 9.84 Å². The minimum Gasteiger partial charge on any atom is -0.481 e. The summed E-state index contributed by atoms with van der Waals surface area (Å²) in [5, 5.41) is 17.2. The highest BCUT2D eigenvalue weighted by atomic mass is 32.2. The van der Waals surface area contributed by atoms with Crippen molar-refractivity contribution in [2.75, 3.05) is 31.1 Å². The average molecular weight is 900 g/mol. The van der Waals surface area contributed by atoms with Gasteiger partial charge in [0, 0.05) is 42.7 Å². The number of carbonyl (C=O) groups excluding carboxylic acids is 2. The van der Waals surface area contributed by atoms with Gasteiger partial charge in [-0.15, -0.1) is 0 Å². The second-order valence-corrected chi connectivity index (χ2v) is 28.3. The summed E-state index contributed by atoms with van der Waals surface area (Å²) in [4.78, 5) is 41.0. The van der Waals surface area contributed by atoms with E-state index in [0.29, 0.717) is 61.1 Å². The molecular formula is C51H85N3O8S. The van der Waals surface area contributed by atoms with Gasteiger partial charge >= 0.3 is 18.0 Å². The lowest BCUT2D eigenvalue weighted by atomic mass is 9.32. The molecule has 8 rings (SSSR count). The second kappa shape index (κ2) is 15.6. The smallest absolute Gasteiger partial charge is 0.407 e. The molecule has 8 fully saturated rings. The number of alkyl carbamates (subject to hydrolysis) is 1. The predicted molar refractivity (Wildman–Crippen MR) is 246 cm³/mol. The molecule has 358 valence electrons. The largest absolute Gasteiger partial charge is 0.481 e. The Hall–Kier alpha value is -1.92. The molecule has 11 nitrogen and oxygen atoms in total. The number of fused-ring (bicyclic) bond motifs is 7. The molecule has 0 radical (unpaired) electrons. The van der Waals surface area contributed by atoms with Crippen LogP contribution in [-0.4, -0.2) is 96.9 Å². The lowest BCUT2D eigenvalue weighted by Crippen LogP contribution is -2.69. The minimum atomic E-state index is -3.07. The number of amides is 1. The van der Waals surface area contributed by atoms with Crippen LogP contribution in [0.3, 0.4) is 0 Å². The zero-order valence-corrected chi connectivity index (χ0v) is 42.0. The molecule has 0 aromatic rings. The lowest BCUT2D eigenvalue weighted by molar-refractivity contribution is -0.250. The Kier molecular flexibility index (Phi) is 11.8. The summed E-state index contributed by atoms with van der Waals surface area (Å²) in [6.07, 6.45) is 13.8. The quantitative estimate of drug-likeness (QED) is 0.182. The van der Waals surface area contributed by atoms with Crippen molar-refractivity contribution in [3.05, 3.63) is 0 Å². The van der Waals surface area contributed by atoms with Crippen molar-refractivity contribution >= 4 is 27.9 Å². The first-order valence-corrected chi connectivity index (χ1v) is 27.0. The van der Waals surface area contributed by atoms with Crippen molar-refractivity contribution < 1.29 is 37.4 Å². The van der Waals surface area contributed by atoms with Gasteiger partial charge < -0.3 is 25.2 Å². The van der Waals surface area contributed by atoms with Gasteiger partial charge in [-0.25, -0.2) is 13.2 Å². The SMILES string of the molecule is CC(NC(=O)OC(C)(C)C)C(CN[C@]12CC[C@@H](C3(C)CC3)[C@@H]1[C@H]1CC[C@@H]3[C@@]4(C)CC[C@H](OC(=O)[C@H]5C[C@@H](C(=O)O)C5(C)C)C(C)(C)[C@@H]4CC[C@@]3(C)[C@]1(C)CC2)N1CCS(=O)(=O)CC1. The molecule has 8 aliphatic rings. The van der Waals surface area contributed by atoms with Crippen LogP contribution in [-0.2, 0) is 28.9 Å². The number of ether oxygens (including phenoxy) is 2. The molecule has 12 heteroatoms. The third-order valence-electron chi connectivity index (χ3n) is 21.2. The summed E-state index contributed by atoms with van der Waals surface area (Å²) >= 11 is 0. The second-order valence-electron chi connectivity index (χ2n) is 26.0. The van der Waals surface area contributed by atoms with Crippen LogP contribution in [0.25, 0.3) is 0 Å². The Morgan fingerprint density at radius 3 is 2.03 bits per heavy atom. The fraction of sp³-hybridized carbons (Fsp3) is 0.941. The maximum Gasteiger partial charge on any atom is 0.407 e. The molecule has 2 unspecified atom stereocenters. The predicted octanol–water partition coefficient (Wildman–Crippen LogP) is 8.88. The van der Waals surface area contributed by atoms with E-state index >= 15 is 0 Å². The van der Waals surface area contributed by atoms with Gasteiger partial charge in [-0.05, 0) is 168 Å². The standard InChI is InChI=1S/C51H85N3O8S/c1-31(53-43(58)62-44(2,3)4)36(54-25-27-63(59,60)28-26-54)30-52-51-20-15-32(47(9)21-22-47)40(51)33-13-14-38-48(10)18-17-39(61-42(57)35-29-34(41(55)56)45(35,5)6)46(7,8)37(48)16-19-50(38,12)49(33,11)23-24-51/h31-40,52H,13-30H2,1-12H3,(H,53,58)(H,55,56)/t31?,32-,33-,34+,35-,36?,37+,38-,39+,40-,48+,49-,50-,51+/m1/s1. The van der Waals surface area contributed by atoms with Gasteiger partial charge in [0.1, 0.15) is 11.7 Å². The summed E-state index contributed by atoms with van der Waals surface area (Å²) < 4.78 is 37.4. The minimum absolute atomic E-state index is 0.0000899. The topological polar surface area (TPSA) is 151 Å². The third-order valence-corrected chi connectivity index (χ3v) is 22.9. The number of nitrogens with zero attached hydrogens (tertiary/aromatic N) is 1. The van der Waals surface area contributed by atoms with Crippen LogP contribution < -0.4 is 10.6 Å². The molecule has 1 saturated heterocycles. The molecule has 1 amide bonds. The van der Waals surface area contributed by atoms with Crippen molar-refractivity contribution in [3.8, 4) is 0 Å². The average Bonchev–Trinajstić information content (AvgIpc) is 3.78. The molecule has 1 aliphatic heterocycles. The highest BCUT2D eigenvalue weighted by Gasteiger charge is 2.72. The van der Waals surface area contributed by atoms with Gasteiger partial charge in [-0.1, -0.05) is 55.4 Å². The maximum absolute atomic E-state index is 13.7. The van der Waals surface area contributed by atoms with E-state index in [9.17, 15) is 27.9 Å². The molecule has 0 aromatic heterocycles. The first-order valence-electron chi connectivity index (χ1n) is 25.2. The molecular weight excluding hydrogens is 815 g/mol. The number of sulfone groups is 1. The van der Waals surface area contributed by atoms with Crippen molar-refractivity contribution in [2.24, 2.45) is 73.9 Å². The number of rotatable bonds is 10. The summed E-state index contributed by atoms with van der Waals surface area (Å²) in [6, 6.07) is -0.312. The summed E-state index contributed by atoms with van der Waals surface area (Å²) in [5.74, 6) is 1.25. The Bertz CT molecular complexity index is 1910. The molecule has 0 bridgehead atoms. The van der Waals surface area contributed by atoms with E-state index in [0.717, 1.165) is 25.7 Å². The number of hydrogen-bond donors (Lipinski definition) is 3. The van der Waals surface area contributed by atoms with E-state index < -0.39 is 38.8 Å². The summed E-state index contributed by atoms with van der Waals surface area (Å²) in [5.41, 5.74) is -0.511. The third kappa shape index (κ3) is 7.81. The van der Waals surface area contributed by atoms with Crippen molar-refractivity contribution in [3.63, 3.8) is 0 Å². The van der Waals surface area contributed by atoms with Gasteiger partial charge in [0.25, 0.3) is 0 Å². The number of esters is 1. The van der Waals surface area contributed by atoms with Gasteiger partial charge in [-0.3, -0.25) is 14.5 Å². The Morgan fingerprint density at radius 1 is 0.762 bits per heavy atom. The molecule has 3 N–H and O–H groups in total. The van der Waals surface area contributed by atoms with Crippen molar-refractivity contribution in [1.29, 1.82) is 0 Å². The normalized spacial score (nSPS) is 44.2. The first kappa shape index (κ1) is 47.6. The van der Waals surface area contributed by atoms with Gasteiger partial charge in [0.2, 0.25) is 0 Å². The van der Waals surface area contributed by atoms with Crippen LogP contribution in [0.5, 0.6) is 0 Å². The van der Waals surface area contributed by atoms with Crippen LogP contribution in [0.2, 0.25) is 0 Å². The van der Waals surface area contributed by atoms with Crippen LogP contribution in [0.4, 0.5) is 4.79 Å². The van der Waals surface area contributed by atoms with Crippen LogP contribution in [0.1, 0.15) is 167 Å². The molecule has 14 atom stereocenters. The van der Waals surface area contributed by atoms with E-state index in [1.54, 1.807) is 0 Å². The maximum atomic E-state index is 13.7. The van der Waals surface area contributed by atoms with Crippen LogP contribution >= 0.6 is 0 Å². The molecule has 63 heavy (non-hydrogen) atoms. The number of nitrogens with one attached hydrogen (secondary N) is 2. The molecule has 7 saturated carbocycles. The zero-order valence-electron chi connectivity index (χ0n) is 41.2. The van der Waals surface area contributed by atoms with Crippen LogP contribution in [0.15, 0.2) is 0 Å². The molecule has 1 heterocycles. The zero-order chi connectivity index (χ0) is 46.1. The van der Waals surface area contributed by atoms with E-state index in [-0.39, 0.29) is 68.8 Å². The first-order chi connectivity index (χ1) is 29.0. The van der Waals surface area contributed by atoms with Crippen molar-refractivity contribution in [2.45, 2.75) is 196 Å². The van der Waals surface area contributed by atoms with Crippen LogP contribution in [0, 0.1) is 73.9 Å². The lowest BCUT2D eigenvalue weighted by Gasteiger charge is -2.73. The number of carboxylic acids is 1. The highest BCUT2D eigenvalue weighted by Crippen LogP contribution is 2.78. The van der Waals surface area contributed by atoms with E-state index in [4.69, 9.17) is 9.47 Å². The van der Waals surface area contributed by atoms with E-state index in [1.165, 1.54) is 51.4 Å². The Morgan fingerprint density at radius 2 is 1.43 bits per heavy atom. The number of hydrogen-bond acceptors (Lipinski definition) is 9. The molecule has 7 aliphatic carbocycles. The Labute approximate surface area is 380 Å². The summed E-state index contributed by atoms with van der Waals surface area (Å²) in [7, 11) is -3.07. The van der Waals surface area contributed by atoms with Gasteiger partial charge in [0.05, 0.1) is 23.3 Å². The highest BCUT2D eigenvalue weighted by molar-refractivity contribution is 7.91. The van der Waals surface area contributed by atoms with Crippen molar-refractivity contribution in [1.82, 2.24) is 15.5 Å². The molecule has 0 spiro atoms. The summed E-state index contributed by atoms with van der Waals surface area (Å²) in [6.45, 7) is 28.4. The Balaban J connectivity index is 1.03. The van der Waals surface area contributed by atoms with E-state index in [1.807, 2.05) is 34.6 Å². The number of carboxylic acid groups (broad SMARTS) is 1. The van der Waals surface area contributed by atoms with Gasteiger partial charge in [-0.2, -0.15) is 0 Å². The molecule has 0 aromatic carbocycles. The number of aliphatic carboxylic acids is 1. The fourth-order valence-electron chi connectivity index (χ4n) is 17.0. The monoisotopic (exact) mass is 900 g/mol. The fourth-order valence-corrected chi connectivity index (χ4v) is 18.2. The number of carbonyl (C=O) groups is 3.